The number of aryl methyl sites for hydroxylation is 1. The zero-order valence-electron chi connectivity index (χ0n) is 15.3. The lowest BCUT2D eigenvalue weighted by atomic mass is 10.0. The second-order valence-corrected chi connectivity index (χ2v) is 6.07. The fraction of sp³-hybridized carbons (Fsp3) is 0.368. The number of fused-ring (bicyclic) bond motifs is 3. The molecule has 1 aliphatic heterocycles. The summed E-state index contributed by atoms with van der Waals surface area (Å²) in [5, 5.41) is 0. The normalized spacial score (nSPS) is 15.8. The molecule has 2 aromatic rings. The van der Waals surface area contributed by atoms with Gasteiger partial charge < -0.3 is 9.47 Å². The molecular weight excluding hydrogens is 334 g/mol. The Bertz CT molecular complexity index is 866. The second kappa shape index (κ2) is 7.11. The number of esters is 1. The number of methoxy groups -OCH3 is 1. The van der Waals surface area contributed by atoms with E-state index >= 15 is 0 Å². The van der Waals surface area contributed by atoms with Crippen LogP contribution in [-0.4, -0.2) is 42.1 Å². The van der Waals surface area contributed by atoms with Crippen molar-refractivity contribution in [3.8, 4) is 17.1 Å². The van der Waals surface area contributed by atoms with Crippen LogP contribution in [0.25, 0.3) is 11.3 Å². The first-order chi connectivity index (χ1) is 12.5. The molecule has 1 atom stereocenters. The minimum absolute atomic E-state index is 0.175. The molecule has 1 unspecified atom stereocenters. The molecule has 2 aromatic heterocycles. The summed E-state index contributed by atoms with van der Waals surface area (Å²) < 4.78 is 10.4. The third kappa shape index (κ3) is 3.00. The summed E-state index contributed by atoms with van der Waals surface area (Å²) in [6.45, 7) is 5.44. The zero-order valence-corrected chi connectivity index (χ0v) is 15.3. The molecule has 3 rings (SSSR count). The summed E-state index contributed by atoms with van der Waals surface area (Å²) in [6.07, 6.45) is 1.65. The van der Waals surface area contributed by atoms with E-state index in [0.29, 0.717) is 23.0 Å². The molecule has 26 heavy (non-hydrogen) atoms. The number of amides is 1. The third-order valence-corrected chi connectivity index (χ3v) is 4.36. The van der Waals surface area contributed by atoms with Gasteiger partial charge in [-0.1, -0.05) is 0 Å². The quantitative estimate of drug-likeness (QED) is 0.784. The van der Waals surface area contributed by atoms with Crippen molar-refractivity contribution in [3.05, 3.63) is 35.7 Å². The molecule has 1 aliphatic rings. The second-order valence-electron chi connectivity index (χ2n) is 6.07. The van der Waals surface area contributed by atoms with E-state index in [1.54, 1.807) is 33.2 Å². The highest BCUT2D eigenvalue weighted by molar-refractivity contribution is 6.06. The Labute approximate surface area is 152 Å². The molecule has 0 radical (unpaired) electrons. The summed E-state index contributed by atoms with van der Waals surface area (Å²) in [7, 11) is 1.55. The van der Waals surface area contributed by atoms with Crippen LogP contribution in [0.15, 0.2) is 24.4 Å². The van der Waals surface area contributed by atoms with Crippen LogP contribution in [0.1, 0.15) is 31.0 Å². The van der Waals surface area contributed by atoms with Crippen LogP contribution in [0.5, 0.6) is 5.88 Å². The molecule has 0 saturated heterocycles. The maximum atomic E-state index is 13.1. The van der Waals surface area contributed by atoms with Crippen LogP contribution in [0.4, 0.5) is 5.69 Å². The molecule has 1 amide bonds. The van der Waals surface area contributed by atoms with Gasteiger partial charge in [-0.3, -0.25) is 19.5 Å². The van der Waals surface area contributed by atoms with Gasteiger partial charge in [-0.2, -0.15) is 0 Å². The Hall–Kier alpha value is -2.96. The van der Waals surface area contributed by atoms with E-state index in [0.717, 1.165) is 11.1 Å². The van der Waals surface area contributed by atoms with Crippen molar-refractivity contribution in [3.63, 3.8) is 0 Å². The average molecular weight is 355 g/mol. The highest BCUT2D eigenvalue weighted by atomic mass is 16.5. The molecule has 7 nitrogen and oxygen atoms in total. The molecule has 0 fully saturated rings. The molecule has 0 N–H and O–H groups in total. The Morgan fingerprint density at radius 1 is 1.38 bits per heavy atom. The molecule has 0 aromatic carbocycles. The molecule has 0 saturated carbocycles. The van der Waals surface area contributed by atoms with Gasteiger partial charge in [0.05, 0.1) is 36.7 Å². The predicted molar refractivity (Wildman–Crippen MR) is 96.2 cm³/mol. The molecular formula is C19H21N3O4. The fourth-order valence-corrected chi connectivity index (χ4v) is 3.12. The van der Waals surface area contributed by atoms with Crippen molar-refractivity contribution >= 4 is 17.6 Å². The minimum Gasteiger partial charge on any atom is -0.481 e. The van der Waals surface area contributed by atoms with E-state index in [4.69, 9.17) is 9.47 Å². The summed E-state index contributed by atoms with van der Waals surface area (Å²) >= 11 is 0. The van der Waals surface area contributed by atoms with Gasteiger partial charge in [0.1, 0.15) is 6.54 Å². The lowest BCUT2D eigenvalue weighted by Gasteiger charge is -2.24. The van der Waals surface area contributed by atoms with Crippen LogP contribution >= 0.6 is 0 Å². The number of anilines is 1. The van der Waals surface area contributed by atoms with E-state index in [1.807, 2.05) is 19.1 Å². The first-order valence-corrected chi connectivity index (χ1v) is 8.45. The highest BCUT2D eigenvalue weighted by Gasteiger charge is 2.35. The van der Waals surface area contributed by atoms with Crippen molar-refractivity contribution < 1.29 is 19.1 Å². The van der Waals surface area contributed by atoms with Crippen LogP contribution in [0.3, 0.4) is 0 Å². The van der Waals surface area contributed by atoms with Crippen LogP contribution in [0, 0.1) is 6.92 Å². The number of hydrogen-bond donors (Lipinski definition) is 0. The monoisotopic (exact) mass is 355 g/mol. The van der Waals surface area contributed by atoms with Crippen molar-refractivity contribution in [1.82, 2.24) is 9.97 Å². The first-order valence-electron chi connectivity index (χ1n) is 8.45. The summed E-state index contributed by atoms with van der Waals surface area (Å²) in [4.78, 5) is 35.6. The molecule has 3 heterocycles. The lowest BCUT2D eigenvalue weighted by Crippen LogP contribution is -2.38. The Kier molecular flexibility index (Phi) is 4.88. The van der Waals surface area contributed by atoms with Gasteiger partial charge in [0.2, 0.25) is 11.8 Å². The lowest BCUT2D eigenvalue weighted by molar-refractivity contribution is -0.142. The highest BCUT2D eigenvalue weighted by Crippen LogP contribution is 2.40. The van der Waals surface area contributed by atoms with E-state index in [1.165, 1.54) is 4.90 Å². The number of carbonyl (C=O) groups is 2. The maximum absolute atomic E-state index is 13.1. The summed E-state index contributed by atoms with van der Waals surface area (Å²) in [6, 6.07) is 5.49. The number of ether oxygens (including phenoxy) is 2. The molecule has 136 valence electrons. The molecule has 7 heteroatoms. The van der Waals surface area contributed by atoms with Crippen LogP contribution < -0.4 is 9.64 Å². The summed E-state index contributed by atoms with van der Waals surface area (Å²) in [5.41, 5.74) is 3.28. The summed E-state index contributed by atoms with van der Waals surface area (Å²) in [5.74, 6) is -0.729. The van der Waals surface area contributed by atoms with Gasteiger partial charge in [-0.15, -0.1) is 0 Å². The fourth-order valence-electron chi connectivity index (χ4n) is 3.12. The molecule has 0 aliphatic carbocycles. The van der Waals surface area contributed by atoms with Crippen LogP contribution in [0.2, 0.25) is 0 Å². The maximum Gasteiger partial charge on any atom is 0.326 e. The van der Waals surface area contributed by atoms with Gasteiger partial charge in [0.15, 0.2) is 0 Å². The van der Waals surface area contributed by atoms with E-state index in [9.17, 15) is 9.59 Å². The van der Waals surface area contributed by atoms with E-state index in [-0.39, 0.29) is 19.1 Å². The Balaban J connectivity index is 2.23. The Morgan fingerprint density at radius 3 is 2.85 bits per heavy atom. The van der Waals surface area contributed by atoms with Crippen molar-refractivity contribution in [2.45, 2.75) is 26.7 Å². The van der Waals surface area contributed by atoms with Gasteiger partial charge in [-0.25, -0.2) is 4.98 Å². The standard InChI is InChI=1S/C19H21N3O4/c1-5-26-15(23)10-22-14-9-11(2)18(25-4)21-17(14)13-7-6-8-20-16(13)12(3)19(22)24/h6-9,12H,5,10H2,1-4H3. The molecule has 0 bridgehead atoms. The Morgan fingerprint density at radius 2 is 2.15 bits per heavy atom. The van der Waals surface area contributed by atoms with E-state index in [2.05, 4.69) is 9.97 Å². The van der Waals surface area contributed by atoms with Crippen molar-refractivity contribution in [2.24, 2.45) is 0 Å². The molecule has 0 spiro atoms. The SMILES string of the molecule is CCOC(=O)CN1C(=O)C(C)c2ncccc2-c2nc(OC)c(C)cc21. The number of rotatable bonds is 4. The minimum atomic E-state index is -0.513. The smallest absolute Gasteiger partial charge is 0.326 e. The van der Waals surface area contributed by atoms with E-state index < -0.39 is 11.9 Å². The van der Waals surface area contributed by atoms with Gasteiger partial charge in [0.25, 0.3) is 0 Å². The third-order valence-electron chi connectivity index (χ3n) is 4.36. The van der Waals surface area contributed by atoms with Gasteiger partial charge >= 0.3 is 5.97 Å². The number of hydrogen-bond acceptors (Lipinski definition) is 6. The number of nitrogens with zero attached hydrogens (tertiary/aromatic N) is 3. The van der Waals surface area contributed by atoms with Gasteiger partial charge in [-0.05, 0) is 39.0 Å². The average Bonchev–Trinajstić information content (AvgIpc) is 2.72. The first kappa shape index (κ1) is 17.8. The topological polar surface area (TPSA) is 81.6 Å². The van der Waals surface area contributed by atoms with Gasteiger partial charge in [0, 0.05) is 17.3 Å². The number of carbonyl (C=O) groups excluding carboxylic acids is 2. The van der Waals surface area contributed by atoms with Crippen molar-refractivity contribution in [1.29, 1.82) is 0 Å². The number of pyridine rings is 2. The number of aromatic nitrogens is 2. The zero-order chi connectivity index (χ0) is 18.8. The predicted octanol–water partition coefficient (Wildman–Crippen LogP) is 2.47. The largest absolute Gasteiger partial charge is 0.481 e. The van der Waals surface area contributed by atoms with Crippen molar-refractivity contribution in [2.75, 3.05) is 25.2 Å². The van der Waals surface area contributed by atoms with Crippen LogP contribution in [-0.2, 0) is 14.3 Å².